The molecule has 0 bridgehead atoms. The zero-order valence-electron chi connectivity index (χ0n) is 13.4. The lowest BCUT2D eigenvalue weighted by Crippen LogP contribution is -2.50. The van der Waals surface area contributed by atoms with Crippen LogP contribution in [-0.4, -0.2) is 44.6 Å². The van der Waals surface area contributed by atoms with Crippen LogP contribution in [0.1, 0.15) is 25.7 Å². The Morgan fingerprint density at radius 3 is 3.00 bits per heavy atom. The molecule has 1 aromatic carbocycles. The number of aromatic nitrogens is 2. The quantitative estimate of drug-likeness (QED) is 0.868. The Morgan fingerprint density at radius 2 is 2.04 bits per heavy atom. The maximum absolute atomic E-state index is 12.6. The lowest BCUT2D eigenvalue weighted by Gasteiger charge is -2.43. The molecule has 2 heterocycles. The van der Waals surface area contributed by atoms with Gasteiger partial charge in [0, 0.05) is 36.7 Å². The highest BCUT2D eigenvalue weighted by molar-refractivity contribution is 8.00. The van der Waals surface area contributed by atoms with E-state index >= 15 is 0 Å². The molecule has 2 aliphatic rings. The Balaban J connectivity index is 1.50. The summed E-state index contributed by atoms with van der Waals surface area (Å²) in [7, 11) is 0. The van der Waals surface area contributed by atoms with Gasteiger partial charge in [0.1, 0.15) is 0 Å². The van der Waals surface area contributed by atoms with Crippen molar-refractivity contribution in [3.63, 3.8) is 0 Å². The number of fused-ring (bicyclic) bond motifs is 2. The van der Waals surface area contributed by atoms with Crippen LogP contribution < -0.4 is 5.56 Å². The molecular weight excluding hydrogens is 306 g/mol. The normalized spacial score (nSPS) is 25.4. The highest BCUT2D eigenvalue weighted by Crippen LogP contribution is 2.35. The van der Waals surface area contributed by atoms with Crippen molar-refractivity contribution in [1.82, 2.24) is 14.5 Å². The van der Waals surface area contributed by atoms with Crippen LogP contribution in [0.5, 0.6) is 0 Å². The van der Waals surface area contributed by atoms with Gasteiger partial charge in [-0.1, -0.05) is 25.0 Å². The molecule has 1 aliphatic heterocycles. The third kappa shape index (κ3) is 3.04. The van der Waals surface area contributed by atoms with Crippen molar-refractivity contribution in [2.45, 2.75) is 43.5 Å². The van der Waals surface area contributed by atoms with Gasteiger partial charge in [-0.15, -0.1) is 0 Å². The van der Waals surface area contributed by atoms with Crippen LogP contribution in [0.25, 0.3) is 10.9 Å². The molecule has 0 unspecified atom stereocenters. The largest absolute Gasteiger partial charge is 0.297 e. The minimum atomic E-state index is 0.0854. The highest BCUT2D eigenvalue weighted by atomic mass is 32.2. The average Bonchev–Trinajstić information content (AvgIpc) is 2.61. The van der Waals surface area contributed by atoms with Crippen molar-refractivity contribution in [2.75, 3.05) is 18.8 Å². The summed E-state index contributed by atoms with van der Waals surface area (Å²) in [6.07, 6.45) is 7.14. The molecular formula is C18H23N3OS. The molecule has 0 radical (unpaired) electrons. The highest BCUT2D eigenvalue weighted by Gasteiger charge is 2.33. The first-order valence-electron chi connectivity index (χ1n) is 8.63. The van der Waals surface area contributed by atoms with E-state index in [2.05, 4.69) is 21.6 Å². The molecule has 5 heteroatoms. The molecule has 4 nitrogen and oxygen atoms in total. The minimum absolute atomic E-state index is 0.0854. The summed E-state index contributed by atoms with van der Waals surface area (Å²) in [6, 6.07) is 8.32. The smallest absolute Gasteiger partial charge is 0.261 e. The van der Waals surface area contributed by atoms with Gasteiger partial charge >= 0.3 is 0 Å². The van der Waals surface area contributed by atoms with Crippen LogP contribution in [0.15, 0.2) is 35.4 Å². The second-order valence-electron chi connectivity index (χ2n) is 6.56. The fourth-order valence-electron chi connectivity index (χ4n) is 3.96. The van der Waals surface area contributed by atoms with E-state index in [1.54, 1.807) is 10.9 Å². The number of nitrogens with zero attached hydrogens (tertiary/aromatic N) is 3. The molecule has 0 amide bonds. The summed E-state index contributed by atoms with van der Waals surface area (Å²) in [4.78, 5) is 19.6. The van der Waals surface area contributed by atoms with Crippen LogP contribution in [0.2, 0.25) is 0 Å². The van der Waals surface area contributed by atoms with Crippen LogP contribution in [0.3, 0.4) is 0 Å². The number of hydrogen-bond acceptors (Lipinski definition) is 4. The Bertz CT molecular complexity index is 742. The summed E-state index contributed by atoms with van der Waals surface area (Å²) >= 11 is 2.16. The zero-order chi connectivity index (χ0) is 15.6. The molecule has 2 fully saturated rings. The monoisotopic (exact) mass is 329 g/mol. The molecule has 1 aliphatic carbocycles. The SMILES string of the molecule is O=c1c2ccccc2ncn1CCN1CCS[C@@H]2CCCC[C@H]21. The van der Waals surface area contributed by atoms with E-state index in [0.29, 0.717) is 6.04 Å². The summed E-state index contributed by atoms with van der Waals surface area (Å²) in [5, 5.41) is 1.53. The fourth-order valence-corrected chi connectivity index (χ4v) is 5.46. The standard InChI is InChI=1S/C18H23N3OS/c22-18-14-5-1-2-6-15(14)19-13-21(18)10-9-20-11-12-23-17-8-4-3-7-16(17)20/h1-2,5-6,13,16-17H,3-4,7-12H2/t16-,17-/m1/s1. The Hall–Kier alpha value is -1.33. The van der Waals surface area contributed by atoms with E-state index in [1.165, 1.54) is 31.4 Å². The first-order chi connectivity index (χ1) is 11.3. The van der Waals surface area contributed by atoms with Gasteiger partial charge in [0.2, 0.25) is 0 Å². The van der Waals surface area contributed by atoms with E-state index in [9.17, 15) is 4.79 Å². The molecule has 122 valence electrons. The van der Waals surface area contributed by atoms with Gasteiger partial charge < -0.3 is 0 Å². The summed E-state index contributed by atoms with van der Waals surface area (Å²) in [6.45, 7) is 2.85. The molecule has 2 atom stereocenters. The predicted octanol–water partition coefficient (Wildman–Crippen LogP) is 2.76. The van der Waals surface area contributed by atoms with Gasteiger partial charge in [-0.2, -0.15) is 11.8 Å². The van der Waals surface area contributed by atoms with Crippen molar-refractivity contribution < 1.29 is 0 Å². The number of para-hydroxylation sites is 1. The predicted molar refractivity (Wildman–Crippen MR) is 96.1 cm³/mol. The maximum Gasteiger partial charge on any atom is 0.261 e. The van der Waals surface area contributed by atoms with E-state index in [1.807, 2.05) is 24.3 Å². The van der Waals surface area contributed by atoms with Crippen molar-refractivity contribution >= 4 is 22.7 Å². The summed E-state index contributed by atoms with van der Waals surface area (Å²) in [5.41, 5.74) is 0.873. The average molecular weight is 329 g/mol. The number of benzene rings is 1. The first-order valence-corrected chi connectivity index (χ1v) is 9.67. The Labute approximate surface area is 140 Å². The molecule has 0 spiro atoms. The molecule has 1 saturated heterocycles. The van der Waals surface area contributed by atoms with Gasteiger partial charge in [0.05, 0.1) is 17.2 Å². The minimum Gasteiger partial charge on any atom is -0.297 e. The molecule has 1 aromatic heterocycles. The van der Waals surface area contributed by atoms with Gasteiger partial charge in [-0.3, -0.25) is 14.3 Å². The van der Waals surface area contributed by atoms with E-state index < -0.39 is 0 Å². The van der Waals surface area contributed by atoms with E-state index in [-0.39, 0.29) is 5.56 Å². The second-order valence-corrected chi connectivity index (χ2v) is 7.90. The zero-order valence-corrected chi connectivity index (χ0v) is 14.2. The maximum atomic E-state index is 12.6. The van der Waals surface area contributed by atoms with Crippen molar-refractivity contribution in [1.29, 1.82) is 0 Å². The number of hydrogen-bond donors (Lipinski definition) is 0. The van der Waals surface area contributed by atoms with Gasteiger partial charge in [-0.25, -0.2) is 4.98 Å². The fraction of sp³-hybridized carbons (Fsp3) is 0.556. The lowest BCUT2D eigenvalue weighted by atomic mass is 9.93. The third-order valence-electron chi connectivity index (χ3n) is 5.21. The van der Waals surface area contributed by atoms with Crippen molar-refractivity contribution in [3.8, 4) is 0 Å². The second kappa shape index (κ2) is 6.65. The van der Waals surface area contributed by atoms with Gasteiger partial charge in [0.25, 0.3) is 5.56 Å². The summed E-state index contributed by atoms with van der Waals surface area (Å²) in [5.74, 6) is 1.23. The van der Waals surface area contributed by atoms with E-state index in [4.69, 9.17) is 0 Å². The molecule has 23 heavy (non-hydrogen) atoms. The summed E-state index contributed by atoms with van der Waals surface area (Å²) < 4.78 is 1.78. The van der Waals surface area contributed by atoms with Crippen molar-refractivity contribution in [3.05, 3.63) is 40.9 Å². The van der Waals surface area contributed by atoms with Crippen LogP contribution >= 0.6 is 11.8 Å². The van der Waals surface area contributed by atoms with E-state index in [0.717, 1.165) is 35.8 Å². The molecule has 2 aromatic rings. The number of rotatable bonds is 3. The third-order valence-corrected chi connectivity index (χ3v) is 6.60. The molecule has 0 N–H and O–H groups in total. The Kier molecular flexibility index (Phi) is 4.40. The van der Waals surface area contributed by atoms with Gasteiger partial charge in [0.15, 0.2) is 0 Å². The van der Waals surface area contributed by atoms with Gasteiger partial charge in [-0.05, 0) is 25.0 Å². The van der Waals surface area contributed by atoms with Crippen molar-refractivity contribution in [2.24, 2.45) is 0 Å². The van der Waals surface area contributed by atoms with Crippen LogP contribution in [0.4, 0.5) is 0 Å². The lowest BCUT2D eigenvalue weighted by molar-refractivity contribution is 0.157. The Morgan fingerprint density at radius 1 is 1.17 bits per heavy atom. The first kappa shape index (κ1) is 15.2. The van der Waals surface area contributed by atoms with Crippen LogP contribution in [-0.2, 0) is 6.54 Å². The molecule has 1 saturated carbocycles. The van der Waals surface area contributed by atoms with Crippen LogP contribution in [0, 0.1) is 0 Å². The molecule has 4 rings (SSSR count). The topological polar surface area (TPSA) is 38.1 Å². The number of thioether (sulfide) groups is 1.